The molecule has 1 fully saturated rings. The first kappa shape index (κ1) is 18.1. The van der Waals surface area contributed by atoms with Gasteiger partial charge in [-0.2, -0.15) is 0 Å². The highest BCUT2D eigenvalue weighted by atomic mass is 32.1. The quantitative estimate of drug-likeness (QED) is 0.663. The van der Waals surface area contributed by atoms with Crippen molar-refractivity contribution in [1.29, 1.82) is 0 Å². The summed E-state index contributed by atoms with van der Waals surface area (Å²) in [5.41, 5.74) is 1.07. The van der Waals surface area contributed by atoms with Crippen LogP contribution in [-0.2, 0) is 14.2 Å². The molecule has 0 amide bonds. The number of aliphatic hydroxyl groups excluding tert-OH is 3. The summed E-state index contributed by atoms with van der Waals surface area (Å²) in [6.45, 7) is 1.48. The van der Waals surface area contributed by atoms with Crippen molar-refractivity contribution in [1.82, 2.24) is 0 Å². The third-order valence-electron chi connectivity index (χ3n) is 3.51. The average molecular weight is 344 g/mol. The van der Waals surface area contributed by atoms with Crippen LogP contribution in [0.3, 0.4) is 0 Å². The molecule has 1 aromatic carbocycles. The van der Waals surface area contributed by atoms with Crippen LogP contribution in [0, 0.1) is 6.92 Å². The van der Waals surface area contributed by atoms with Crippen molar-refractivity contribution in [3.63, 3.8) is 0 Å². The van der Waals surface area contributed by atoms with E-state index in [2.05, 4.69) is 0 Å². The number of hydrogen-bond donors (Lipinski definition) is 3. The summed E-state index contributed by atoms with van der Waals surface area (Å²) in [5.74, 6) is 0.481. The Morgan fingerprint density at radius 1 is 1.22 bits per heavy atom. The maximum Gasteiger partial charge on any atom is 0.358 e. The Kier molecular flexibility index (Phi) is 6.28. The summed E-state index contributed by atoms with van der Waals surface area (Å²) in [4.78, 5) is 0. The molecular weight excluding hydrogens is 324 g/mol. The van der Waals surface area contributed by atoms with Crippen molar-refractivity contribution >= 4 is 17.5 Å². The highest BCUT2D eigenvalue weighted by molar-refractivity contribution is 7.79. The third kappa shape index (κ3) is 4.37. The first-order chi connectivity index (χ1) is 11.0. The van der Waals surface area contributed by atoms with Crippen LogP contribution in [-0.4, -0.2) is 65.0 Å². The molecule has 3 N–H and O–H groups in total. The van der Waals surface area contributed by atoms with E-state index >= 15 is 0 Å². The summed E-state index contributed by atoms with van der Waals surface area (Å²) < 4.78 is 21.1. The van der Waals surface area contributed by atoms with Crippen LogP contribution in [0.2, 0.25) is 0 Å². The molecule has 0 unspecified atom stereocenters. The minimum absolute atomic E-state index is 0.238. The molecular formula is C15H20O7S. The Hall–Kier alpha value is -1.29. The molecule has 2 rings (SSSR count). The van der Waals surface area contributed by atoms with Gasteiger partial charge in [-0.25, -0.2) is 0 Å². The van der Waals surface area contributed by atoms with E-state index in [0.717, 1.165) is 5.56 Å². The summed E-state index contributed by atoms with van der Waals surface area (Å²) in [6.07, 6.45) is -5.76. The monoisotopic (exact) mass is 344 g/mol. The maximum absolute atomic E-state index is 10.1. The molecule has 5 atom stereocenters. The molecule has 1 heterocycles. The zero-order valence-corrected chi connectivity index (χ0v) is 13.6. The predicted octanol–water partition coefficient (Wildman–Crippen LogP) is 0.129. The molecule has 0 spiro atoms. The number of ether oxygens (including phenoxy) is 4. The van der Waals surface area contributed by atoms with E-state index in [4.69, 9.17) is 36.3 Å². The smallest absolute Gasteiger partial charge is 0.358 e. The lowest BCUT2D eigenvalue weighted by atomic mass is 9.99. The van der Waals surface area contributed by atoms with E-state index in [1.165, 1.54) is 7.11 Å². The van der Waals surface area contributed by atoms with Gasteiger partial charge in [0.25, 0.3) is 0 Å². The largest absolute Gasteiger partial charge is 0.445 e. The van der Waals surface area contributed by atoms with Crippen molar-refractivity contribution in [2.75, 3.05) is 13.7 Å². The first-order valence-electron chi connectivity index (χ1n) is 7.06. The number of aliphatic hydroxyl groups is 3. The molecule has 0 saturated carbocycles. The summed E-state index contributed by atoms with van der Waals surface area (Å²) >= 11 is 5.00. The fraction of sp³-hybridized carbons (Fsp3) is 0.533. The van der Waals surface area contributed by atoms with Crippen molar-refractivity contribution in [2.45, 2.75) is 37.6 Å². The predicted molar refractivity (Wildman–Crippen MR) is 84.0 cm³/mol. The number of aryl methyl sites for hydroxylation is 1. The Balaban J connectivity index is 2.01. The summed E-state index contributed by atoms with van der Waals surface area (Å²) in [5, 5.41) is 28.9. The summed E-state index contributed by atoms with van der Waals surface area (Å²) in [6, 6.07) is 7.15. The van der Waals surface area contributed by atoms with Crippen molar-refractivity contribution in [3.05, 3.63) is 29.8 Å². The van der Waals surface area contributed by atoms with E-state index in [9.17, 15) is 10.2 Å². The van der Waals surface area contributed by atoms with Crippen LogP contribution < -0.4 is 4.74 Å². The molecule has 0 bridgehead atoms. The molecule has 1 aromatic rings. The van der Waals surface area contributed by atoms with Crippen LogP contribution in [0.15, 0.2) is 24.3 Å². The number of rotatable bonds is 4. The van der Waals surface area contributed by atoms with Gasteiger partial charge >= 0.3 is 5.24 Å². The van der Waals surface area contributed by atoms with Crippen molar-refractivity contribution < 1.29 is 34.3 Å². The summed E-state index contributed by atoms with van der Waals surface area (Å²) in [7, 11) is 1.35. The van der Waals surface area contributed by atoms with Gasteiger partial charge in [-0.15, -0.1) is 0 Å². The average Bonchev–Trinajstić information content (AvgIpc) is 2.54. The van der Waals surface area contributed by atoms with Gasteiger partial charge in [-0.1, -0.05) is 17.7 Å². The fourth-order valence-electron chi connectivity index (χ4n) is 2.21. The van der Waals surface area contributed by atoms with E-state index in [1.807, 2.05) is 19.1 Å². The SMILES string of the molecule is CO[C@H]1O[C@H](CO)[C@@H](O)[C@H](O)[C@H]1OC(=S)Oc1ccc(C)cc1. The van der Waals surface area contributed by atoms with Crippen LogP contribution in [0.4, 0.5) is 0 Å². The van der Waals surface area contributed by atoms with Gasteiger partial charge in [0, 0.05) is 19.3 Å². The molecule has 0 aromatic heterocycles. The zero-order valence-electron chi connectivity index (χ0n) is 12.8. The van der Waals surface area contributed by atoms with Gasteiger partial charge in [0.1, 0.15) is 24.1 Å². The standard InChI is InChI=1S/C15H20O7S/c1-8-3-5-9(6-4-8)20-15(23)22-13-12(18)11(17)10(7-16)21-14(13)19-2/h3-6,10-14,16-18H,7H2,1-2H3/t10-,11-,12+,13-,14+/m1/s1. The second-order valence-corrected chi connectivity index (χ2v) is 5.52. The van der Waals surface area contributed by atoms with Gasteiger partial charge < -0.3 is 34.3 Å². The van der Waals surface area contributed by atoms with Crippen LogP contribution >= 0.6 is 12.2 Å². The molecule has 1 saturated heterocycles. The Morgan fingerprint density at radius 2 is 1.87 bits per heavy atom. The van der Waals surface area contributed by atoms with E-state index in [-0.39, 0.29) is 5.24 Å². The number of methoxy groups -OCH3 is 1. The molecule has 7 nitrogen and oxygen atoms in total. The van der Waals surface area contributed by atoms with Crippen LogP contribution in [0.25, 0.3) is 0 Å². The normalized spacial score (nSPS) is 30.7. The molecule has 1 aliphatic heterocycles. The lowest BCUT2D eigenvalue weighted by Crippen LogP contribution is -2.60. The van der Waals surface area contributed by atoms with Gasteiger partial charge in [0.15, 0.2) is 12.4 Å². The lowest BCUT2D eigenvalue weighted by molar-refractivity contribution is -0.292. The molecule has 23 heavy (non-hydrogen) atoms. The van der Waals surface area contributed by atoms with Crippen LogP contribution in [0.5, 0.6) is 5.75 Å². The van der Waals surface area contributed by atoms with Gasteiger partial charge in [-0.05, 0) is 19.1 Å². The minimum Gasteiger partial charge on any atom is -0.445 e. The first-order valence-corrected chi connectivity index (χ1v) is 7.47. The van der Waals surface area contributed by atoms with Crippen molar-refractivity contribution in [3.8, 4) is 5.75 Å². The van der Waals surface area contributed by atoms with E-state index in [0.29, 0.717) is 5.75 Å². The minimum atomic E-state index is -1.36. The molecule has 128 valence electrons. The number of thiocarbonyl (C=S) groups is 1. The number of hydrogen-bond acceptors (Lipinski definition) is 8. The lowest BCUT2D eigenvalue weighted by Gasteiger charge is -2.40. The molecule has 8 heteroatoms. The second-order valence-electron chi connectivity index (χ2n) is 5.19. The topological polar surface area (TPSA) is 97.6 Å². The molecule has 1 aliphatic rings. The van der Waals surface area contributed by atoms with Gasteiger partial charge in [-0.3, -0.25) is 0 Å². The van der Waals surface area contributed by atoms with Gasteiger partial charge in [0.05, 0.1) is 6.61 Å². The number of benzene rings is 1. The molecule has 0 aliphatic carbocycles. The fourth-order valence-corrected chi connectivity index (χ4v) is 2.42. The highest BCUT2D eigenvalue weighted by Crippen LogP contribution is 2.25. The second kappa shape index (κ2) is 8.00. The van der Waals surface area contributed by atoms with Crippen LogP contribution in [0.1, 0.15) is 5.56 Å². The van der Waals surface area contributed by atoms with Gasteiger partial charge in [0.2, 0.25) is 0 Å². The van der Waals surface area contributed by atoms with E-state index < -0.39 is 37.3 Å². The zero-order chi connectivity index (χ0) is 17.0. The molecule has 0 radical (unpaired) electrons. The Morgan fingerprint density at radius 3 is 2.43 bits per heavy atom. The van der Waals surface area contributed by atoms with Crippen molar-refractivity contribution in [2.24, 2.45) is 0 Å². The highest BCUT2D eigenvalue weighted by Gasteiger charge is 2.46. The third-order valence-corrected chi connectivity index (χ3v) is 3.69. The van der Waals surface area contributed by atoms with E-state index in [1.54, 1.807) is 12.1 Å². The Labute approximate surface area is 139 Å². The maximum atomic E-state index is 10.1. The Bertz CT molecular complexity index is 519.